The Morgan fingerprint density at radius 1 is 1.46 bits per heavy atom. The molecule has 1 aromatic carbocycles. The largest absolute Gasteiger partial charge is 0.481 e. The smallest absolute Gasteiger partial charge is 0.317 e. The average Bonchev–Trinajstić information content (AvgIpc) is 2.56. The van der Waals surface area contributed by atoms with E-state index in [4.69, 9.17) is 11.6 Å². The second kappa shape index (κ2) is 7.84. The van der Waals surface area contributed by atoms with Crippen LogP contribution in [0.1, 0.15) is 37.4 Å². The van der Waals surface area contributed by atoms with Gasteiger partial charge in [-0.2, -0.15) is 0 Å². The third-order valence-corrected chi connectivity index (χ3v) is 5.92. The number of benzene rings is 1. The monoisotopic (exact) mass is 381 g/mol. The minimum absolute atomic E-state index is 0.231. The van der Waals surface area contributed by atoms with Gasteiger partial charge in [0.15, 0.2) is 0 Å². The number of carboxylic acids is 1. The van der Waals surface area contributed by atoms with Gasteiger partial charge < -0.3 is 20.2 Å². The number of carboxylic acid groups (broad SMARTS) is 1. The first kappa shape index (κ1) is 20.5. The number of halogens is 1. The summed E-state index contributed by atoms with van der Waals surface area (Å²) in [6, 6.07) is 4.73. The number of aliphatic carboxylic acids is 1. The van der Waals surface area contributed by atoms with Crippen LogP contribution in [0.15, 0.2) is 18.2 Å². The number of urea groups is 1. The molecule has 1 saturated heterocycles. The first-order valence-corrected chi connectivity index (χ1v) is 9.16. The second-order valence-electron chi connectivity index (χ2n) is 7.50. The molecule has 0 saturated carbocycles. The Hall–Kier alpha value is -1.79. The third kappa shape index (κ3) is 3.96. The average molecular weight is 382 g/mol. The maximum Gasteiger partial charge on any atom is 0.317 e. The molecule has 26 heavy (non-hydrogen) atoms. The Morgan fingerprint density at radius 2 is 2.12 bits per heavy atom. The van der Waals surface area contributed by atoms with E-state index in [1.54, 1.807) is 14.0 Å². The SMILES string of the molecule is Cc1c(Cl)cccc1C(C)NC(=O)N(C)C1CCN(C)CC1(C)C(=O)O. The number of nitrogens with one attached hydrogen (secondary N) is 1. The van der Waals surface area contributed by atoms with Crippen LogP contribution in [0.25, 0.3) is 0 Å². The van der Waals surface area contributed by atoms with E-state index in [9.17, 15) is 14.7 Å². The standard InChI is InChI=1S/C19H28ClN3O3/c1-12-14(7-6-8-15(12)20)13(2)21-18(26)23(5)16-9-10-22(4)11-19(16,3)17(24)25/h6-8,13,16H,9-11H2,1-5H3,(H,21,26)(H,24,25). The summed E-state index contributed by atoms with van der Waals surface area (Å²) in [6.07, 6.45) is 0.619. The Morgan fingerprint density at radius 3 is 2.73 bits per heavy atom. The number of amides is 2. The van der Waals surface area contributed by atoms with Crippen LogP contribution in [0.3, 0.4) is 0 Å². The summed E-state index contributed by atoms with van der Waals surface area (Å²) in [4.78, 5) is 28.2. The van der Waals surface area contributed by atoms with Crippen molar-refractivity contribution in [1.29, 1.82) is 0 Å². The first-order chi connectivity index (χ1) is 12.1. The normalized spacial score (nSPS) is 24.8. The van der Waals surface area contributed by atoms with Crippen LogP contribution in [0.5, 0.6) is 0 Å². The maximum absolute atomic E-state index is 12.8. The van der Waals surface area contributed by atoms with Crippen molar-refractivity contribution < 1.29 is 14.7 Å². The lowest BCUT2D eigenvalue weighted by Crippen LogP contribution is -2.61. The van der Waals surface area contributed by atoms with E-state index in [2.05, 4.69) is 5.32 Å². The highest BCUT2D eigenvalue weighted by atomic mass is 35.5. The van der Waals surface area contributed by atoms with Crippen LogP contribution in [-0.2, 0) is 4.79 Å². The van der Waals surface area contributed by atoms with E-state index >= 15 is 0 Å². The molecule has 1 heterocycles. The van der Waals surface area contributed by atoms with Crippen LogP contribution in [0.2, 0.25) is 5.02 Å². The Kier molecular flexibility index (Phi) is 6.19. The molecule has 3 unspecified atom stereocenters. The van der Waals surface area contributed by atoms with Crippen LogP contribution in [0, 0.1) is 12.3 Å². The predicted octanol–water partition coefficient (Wildman–Crippen LogP) is 3.15. The van der Waals surface area contributed by atoms with E-state index in [0.29, 0.717) is 18.0 Å². The van der Waals surface area contributed by atoms with Crippen LogP contribution < -0.4 is 5.32 Å². The number of likely N-dealkylation sites (tertiary alicyclic amines) is 1. The Bertz CT molecular complexity index is 697. The molecule has 7 heteroatoms. The summed E-state index contributed by atoms with van der Waals surface area (Å²) in [7, 11) is 3.57. The highest BCUT2D eigenvalue weighted by molar-refractivity contribution is 6.31. The zero-order valence-electron chi connectivity index (χ0n) is 16.0. The first-order valence-electron chi connectivity index (χ1n) is 8.78. The van der Waals surface area contributed by atoms with E-state index in [1.165, 1.54) is 4.90 Å². The quantitative estimate of drug-likeness (QED) is 0.840. The molecule has 2 N–H and O–H groups in total. The van der Waals surface area contributed by atoms with E-state index in [1.807, 2.05) is 44.0 Å². The van der Waals surface area contributed by atoms with Gasteiger partial charge in [0.05, 0.1) is 17.5 Å². The summed E-state index contributed by atoms with van der Waals surface area (Å²) in [6.45, 7) is 6.70. The molecule has 1 aliphatic heterocycles. The van der Waals surface area contributed by atoms with Crippen LogP contribution in [0.4, 0.5) is 4.79 Å². The van der Waals surface area contributed by atoms with Gasteiger partial charge in [-0.3, -0.25) is 4.79 Å². The third-order valence-electron chi connectivity index (χ3n) is 5.51. The number of rotatable bonds is 4. The lowest BCUT2D eigenvalue weighted by Gasteiger charge is -2.46. The molecular formula is C19H28ClN3O3. The van der Waals surface area contributed by atoms with Crippen molar-refractivity contribution in [1.82, 2.24) is 15.1 Å². The minimum Gasteiger partial charge on any atom is -0.481 e. The molecule has 0 bridgehead atoms. The van der Waals surface area contributed by atoms with Gasteiger partial charge in [0, 0.05) is 18.6 Å². The van der Waals surface area contributed by atoms with E-state index < -0.39 is 11.4 Å². The highest BCUT2D eigenvalue weighted by Gasteiger charge is 2.48. The molecule has 0 aromatic heterocycles. The van der Waals surface area contributed by atoms with Gasteiger partial charge in [0.25, 0.3) is 0 Å². The number of piperidine rings is 1. The van der Waals surface area contributed by atoms with Gasteiger partial charge >= 0.3 is 12.0 Å². The molecule has 0 aliphatic carbocycles. The predicted molar refractivity (Wildman–Crippen MR) is 103 cm³/mol. The number of nitrogens with zero attached hydrogens (tertiary/aromatic N) is 2. The van der Waals surface area contributed by atoms with Gasteiger partial charge in [-0.05, 0) is 58.0 Å². The summed E-state index contributed by atoms with van der Waals surface area (Å²) < 4.78 is 0. The van der Waals surface area contributed by atoms with Gasteiger partial charge in [-0.15, -0.1) is 0 Å². The van der Waals surface area contributed by atoms with Crippen molar-refractivity contribution in [2.24, 2.45) is 5.41 Å². The van der Waals surface area contributed by atoms with Gasteiger partial charge in [-0.1, -0.05) is 23.7 Å². The van der Waals surface area contributed by atoms with Gasteiger partial charge in [0.1, 0.15) is 0 Å². The molecule has 2 amide bonds. The van der Waals surface area contributed by atoms with Crippen molar-refractivity contribution in [2.45, 2.75) is 39.3 Å². The van der Waals surface area contributed by atoms with E-state index in [0.717, 1.165) is 17.7 Å². The summed E-state index contributed by atoms with van der Waals surface area (Å²) in [5.41, 5.74) is 0.872. The fraction of sp³-hybridized carbons (Fsp3) is 0.579. The molecule has 1 aromatic rings. The van der Waals surface area contributed by atoms with Crippen molar-refractivity contribution in [3.63, 3.8) is 0 Å². The van der Waals surface area contributed by atoms with Crippen molar-refractivity contribution >= 4 is 23.6 Å². The number of carbonyl (C=O) groups is 2. The molecule has 6 nitrogen and oxygen atoms in total. The molecule has 1 aliphatic rings. The molecule has 0 radical (unpaired) electrons. The van der Waals surface area contributed by atoms with Crippen molar-refractivity contribution in [3.05, 3.63) is 34.3 Å². The summed E-state index contributed by atoms with van der Waals surface area (Å²) in [5, 5.41) is 13.4. The van der Waals surface area contributed by atoms with Crippen molar-refractivity contribution in [3.8, 4) is 0 Å². The lowest BCUT2D eigenvalue weighted by atomic mass is 9.76. The van der Waals surface area contributed by atoms with Gasteiger partial charge in [0.2, 0.25) is 0 Å². The van der Waals surface area contributed by atoms with Crippen LogP contribution in [-0.4, -0.2) is 60.1 Å². The zero-order chi connectivity index (χ0) is 19.6. The summed E-state index contributed by atoms with van der Waals surface area (Å²) in [5.74, 6) is -0.882. The molecular weight excluding hydrogens is 354 g/mol. The fourth-order valence-electron chi connectivity index (χ4n) is 3.84. The fourth-order valence-corrected chi connectivity index (χ4v) is 4.02. The highest BCUT2D eigenvalue weighted by Crippen LogP contribution is 2.33. The lowest BCUT2D eigenvalue weighted by molar-refractivity contribution is -0.155. The maximum atomic E-state index is 12.8. The number of carbonyl (C=O) groups excluding carboxylic acids is 1. The Labute approximate surface area is 160 Å². The van der Waals surface area contributed by atoms with Crippen LogP contribution >= 0.6 is 11.6 Å². The molecule has 3 atom stereocenters. The number of hydrogen-bond acceptors (Lipinski definition) is 3. The summed E-state index contributed by atoms with van der Waals surface area (Å²) >= 11 is 6.17. The zero-order valence-corrected chi connectivity index (χ0v) is 16.8. The van der Waals surface area contributed by atoms with Crippen molar-refractivity contribution in [2.75, 3.05) is 27.2 Å². The van der Waals surface area contributed by atoms with Gasteiger partial charge in [-0.25, -0.2) is 4.79 Å². The van der Waals surface area contributed by atoms with E-state index in [-0.39, 0.29) is 18.1 Å². The molecule has 144 valence electrons. The minimum atomic E-state index is -1.01. The second-order valence-corrected chi connectivity index (χ2v) is 7.91. The molecule has 1 fully saturated rings. The number of hydrogen-bond donors (Lipinski definition) is 2. The topological polar surface area (TPSA) is 72.9 Å². The molecule has 0 spiro atoms. The molecule has 2 rings (SSSR count). The Balaban J connectivity index is 2.15.